The number of rotatable bonds is 4. The molecule has 0 aromatic heterocycles. The van der Waals surface area contributed by atoms with Gasteiger partial charge < -0.3 is 9.26 Å². The van der Waals surface area contributed by atoms with Gasteiger partial charge in [0, 0.05) is 0 Å². The van der Waals surface area contributed by atoms with Crippen molar-refractivity contribution < 1.29 is 9.26 Å². The van der Waals surface area contributed by atoms with E-state index in [1.807, 2.05) is 24.3 Å². The van der Waals surface area contributed by atoms with Crippen molar-refractivity contribution in [3.63, 3.8) is 0 Å². The number of benzene rings is 1. The maximum absolute atomic E-state index is 5.15. The lowest BCUT2D eigenvalue weighted by atomic mass is 10.1. The van der Waals surface area contributed by atoms with Gasteiger partial charge in [0.2, 0.25) is 0 Å². The molecule has 0 aliphatic rings. The normalized spacial score (nSPS) is 9.38. The molecular weight excluding hydrogens is 183 g/mol. The van der Waals surface area contributed by atoms with Crippen LogP contribution in [-0.4, -0.2) is 7.11 Å². The van der Waals surface area contributed by atoms with Crippen LogP contribution in [0.15, 0.2) is 30.9 Å². The van der Waals surface area contributed by atoms with E-state index in [1.165, 1.54) is 0 Å². The van der Waals surface area contributed by atoms with Gasteiger partial charge in [0.1, 0.15) is 0 Å². The average molecular weight is 196 g/mol. The van der Waals surface area contributed by atoms with E-state index in [1.54, 1.807) is 7.11 Å². The topological polar surface area (TPSA) is 18.5 Å². The van der Waals surface area contributed by atoms with Crippen molar-refractivity contribution in [1.29, 1.82) is 0 Å². The molecular formula is C10H13O2P. The summed E-state index contributed by atoms with van der Waals surface area (Å²) >= 11 is 0. The standard InChI is InChI=1S/C10H13O2P/c1-3-4-8-5-6-9(12-13)10(7-8)11-2/h3,5-7H,1,4,13H2,2H3. The third-order valence-corrected chi connectivity index (χ3v) is 1.99. The lowest BCUT2D eigenvalue weighted by Crippen LogP contribution is -1.89. The maximum atomic E-state index is 5.15. The van der Waals surface area contributed by atoms with E-state index in [9.17, 15) is 0 Å². The molecule has 1 rings (SSSR count). The lowest BCUT2D eigenvalue weighted by Gasteiger charge is -2.07. The van der Waals surface area contributed by atoms with Crippen molar-refractivity contribution in [2.75, 3.05) is 7.11 Å². The zero-order valence-electron chi connectivity index (χ0n) is 7.62. The summed E-state index contributed by atoms with van der Waals surface area (Å²) in [7, 11) is 3.83. The van der Waals surface area contributed by atoms with Gasteiger partial charge in [-0.2, -0.15) is 0 Å². The second kappa shape index (κ2) is 4.88. The molecule has 0 amide bonds. The minimum atomic E-state index is 0.723. The molecule has 70 valence electrons. The zero-order chi connectivity index (χ0) is 9.68. The Morgan fingerprint density at radius 2 is 2.23 bits per heavy atom. The Labute approximate surface area is 80.8 Å². The molecule has 0 saturated heterocycles. The summed E-state index contributed by atoms with van der Waals surface area (Å²) in [5, 5.41) is 0. The van der Waals surface area contributed by atoms with Gasteiger partial charge in [-0.15, -0.1) is 6.58 Å². The highest BCUT2D eigenvalue weighted by Crippen LogP contribution is 2.29. The van der Waals surface area contributed by atoms with Gasteiger partial charge in [-0.3, -0.25) is 0 Å². The van der Waals surface area contributed by atoms with Crippen LogP contribution in [-0.2, 0) is 6.42 Å². The van der Waals surface area contributed by atoms with Crippen LogP contribution in [0.4, 0.5) is 0 Å². The summed E-state index contributed by atoms with van der Waals surface area (Å²) in [5.74, 6) is 1.47. The number of allylic oxidation sites excluding steroid dienone is 1. The lowest BCUT2D eigenvalue weighted by molar-refractivity contribution is 0.399. The van der Waals surface area contributed by atoms with E-state index in [2.05, 4.69) is 16.0 Å². The predicted octanol–water partition coefficient (Wildman–Crippen LogP) is 2.59. The monoisotopic (exact) mass is 196 g/mol. The molecule has 1 atom stereocenters. The van der Waals surface area contributed by atoms with Gasteiger partial charge in [-0.1, -0.05) is 12.1 Å². The molecule has 0 radical (unpaired) electrons. The van der Waals surface area contributed by atoms with Crippen molar-refractivity contribution in [2.45, 2.75) is 6.42 Å². The fourth-order valence-electron chi connectivity index (χ4n) is 1.10. The number of hydrogen-bond acceptors (Lipinski definition) is 2. The van der Waals surface area contributed by atoms with Crippen molar-refractivity contribution >= 4 is 9.47 Å². The van der Waals surface area contributed by atoms with Crippen LogP contribution >= 0.6 is 9.47 Å². The van der Waals surface area contributed by atoms with Gasteiger partial charge >= 0.3 is 0 Å². The van der Waals surface area contributed by atoms with Crippen molar-refractivity contribution in [3.8, 4) is 11.5 Å². The third kappa shape index (κ3) is 2.46. The SMILES string of the molecule is C=CCc1ccc(OP)c(OC)c1. The molecule has 0 saturated carbocycles. The molecule has 0 bridgehead atoms. The summed E-state index contributed by atoms with van der Waals surface area (Å²) in [6, 6.07) is 5.81. The Kier molecular flexibility index (Phi) is 3.78. The smallest absolute Gasteiger partial charge is 0.164 e. The van der Waals surface area contributed by atoms with Gasteiger partial charge in [0.25, 0.3) is 0 Å². The molecule has 1 aromatic carbocycles. The third-order valence-electron chi connectivity index (χ3n) is 1.74. The first-order chi connectivity index (χ1) is 6.31. The summed E-state index contributed by atoms with van der Waals surface area (Å²) in [5.41, 5.74) is 1.16. The van der Waals surface area contributed by atoms with Crippen molar-refractivity contribution in [1.82, 2.24) is 0 Å². The first-order valence-electron chi connectivity index (χ1n) is 3.96. The fourth-order valence-corrected chi connectivity index (χ4v) is 1.30. The van der Waals surface area contributed by atoms with E-state index in [-0.39, 0.29) is 0 Å². The summed E-state index contributed by atoms with van der Waals surface area (Å²) in [6.45, 7) is 3.68. The highest BCUT2D eigenvalue weighted by atomic mass is 31.0. The van der Waals surface area contributed by atoms with Crippen molar-refractivity contribution in [2.24, 2.45) is 0 Å². The summed E-state index contributed by atoms with van der Waals surface area (Å²) in [4.78, 5) is 0. The minimum Gasteiger partial charge on any atom is -0.493 e. The van der Waals surface area contributed by atoms with Crippen LogP contribution in [0.3, 0.4) is 0 Å². The molecule has 0 aliphatic heterocycles. The average Bonchev–Trinajstić information content (AvgIpc) is 2.18. The van der Waals surface area contributed by atoms with Gasteiger partial charge in [0.15, 0.2) is 11.5 Å². The van der Waals surface area contributed by atoms with Crippen LogP contribution in [0, 0.1) is 0 Å². The molecule has 0 aliphatic carbocycles. The molecule has 0 fully saturated rings. The molecule has 0 spiro atoms. The number of ether oxygens (including phenoxy) is 1. The number of methoxy groups -OCH3 is 1. The first kappa shape index (κ1) is 10.1. The Morgan fingerprint density at radius 1 is 1.46 bits per heavy atom. The number of hydrogen-bond donors (Lipinski definition) is 0. The Balaban J connectivity index is 2.98. The molecule has 3 heteroatoms. The zero-order valence-corrected chi connectivity index (χ0v) is 8.77. The second-order valence-electron chi connectivity index (χ2n) is 2.60. The molecule has 2 nitrogen and oxygen atoms in total. The highest BCUT2D eigenvalue weighted by molar-refractivity contribution is 7.10. The van der Waals surface area contributed by atoms with Crippen LogP contribution in [0.2, 0.25) is 0 Å². The van der Waals surface area contributed by atoms with Crippen LogP contribution in [0.1, 0.15) is 5.56 Å². The van der Waals surface area contributed by atoms with E-state index >= 15 is 0 Å². The van der Waals surface area contributed by atoms with Crippen LogP contribution < -0.4 is 9.26 Å². The van der Waals surface area contributed by atoms with Crippen molar-refractivity contribution in [3.05, 3.63) is 36.4 Å². The van der Waals surface area contributed by atoms with Gasteiger partial charge in [-0.25, -0.2) is 0 Å². The Morgan fingerprint density at radius 3 is 2.77 bits per heavy atom. The fraction of sp³-hybridized carbons (Fsp3) is 0.200. The van der Waals surface area contributed by atoms with Crippen LogP contribution in [0.5, 0.6) is 11.5 Å². The van der Waals surface area contributed by atoms with E-state index in [0.717, 1.165) is 23.5 Å². The quantitative estimate of drug-likeness (QED) is 0.544. The predicted molar refractivity (Wildman–Crippen MR) is 57.2 cm³/mol. The van der Waals surface area contributed by atoms with Crippen LogP contribution in [0.25, 0.3) is 0 Å². The van der Waals surface area contributed by atoms with E-state index in [4.69, 9.17) is 9.26 Å². The molecule has 13 heavy (non-hydrogen) atoms. The molecule has 1 unspecified atom stereocenters. The van der Waals surface area contributed by atoms with Gasteiger partial charge in [0.05, 0.1) is 16.6 Å². The highest BCUT2D eigenvalue weighted by Gasteiger charge is 2.02. The second-order valence-corrected chi connectivity index (χ2v) is 2.83. The largest absolute Gasteiger partial charge is 0.493 e. The Hall–Kier alpha value is -1.01. The maximum Gasteiger partial charge on any atom is 0.164 e. The van der Waals surface area contributed by atoms with Gasteiger partial charge in [-0.05, 0) is 24.1 Å². The first-order valence-corrected chi connectivity index (χ1v) is 4.43. The van der Waals surface area contributed by atoms with E-state index in [0.29, 0.717) is 0 Å². The Bertz CT molecular complexity index is 297. The molecule has 0 heterocycles. The van der Waals surface area contributed by atoms with E-state index < -0.39 is 0 Å². The molecule has 0 N–H and O–H groups in total. The summed E-state index contributed by atoms with van der Waals surface area (Å²) < 4.78 is 10.2. The minimum absolute atomic E-state index is 0.723. The molecule has 1 aromatic rings. The summed E-state index contributed by atoms with van der Waals surface area (Å²) in [6.07, 6.45) is 2.70.